The molecule has 9 heteroatoms. The lowest BCUT2D eigenvalue weighted by Crippen LogP contribution is -2.36. The minimum absolute atomic E-state index is 0.0590. The van der Waals surface area contributed by atoms with E-state index in [2.05, 4.69) is 21.2 Å². The van der Waals surface area contributed by atoms with Crippen LogP contribution in [0.25, 0.3) is 0 Å². The Balaban J connectivity index is 1.83. The van der Waals surface area contributed by atoms with E-state index in [1.807, 2.05) is 18.2 Å². The van der Waals surface area contributed by atoms with E-state index in [0.717, 1.165) is 11.3 Å². The monoisotopic (exact) mass is 571 g/mol. The van der Waals surface area contributed by atoms with Gasteiger partial charge in [-0.25, -0.2) is 4.79 Å². The van der Waals surface area contributed by atoms with Gasteiger partial charge in [0.2, 0.25) is 0 Å². The summed E-state index contributed by atoms with van der Waals surface area (Å²) in [5, 5.41) is 13.7. The fraction of sp³-hybridized carbons (Fsp3) is 0.357. The first-order chi connectivity index (χ1) is 17.7. The smallest absolute Gasteiger partial charge is 0.336 e. The molecular weight excluding hydrogens is 542 g/mol. The number of benzene rings is 2. The van der Waals surface area contributed by atoms with Crippen molar-refractivity contribution in [2.75, 3.05) is 27.9 Å². The quantitative estimate of drug-likeness (QED) is 0.442. The Kier molecular flexibility index (Phi) is 7.82. The van der Waals surface area contributed by atoms with Gasteiger partial charge in [0.15, 0.2) is 28.8 Å². The Morgan fingerprint density at radius 3 is 2.35 bits per heavy atom. The number of allylic oxidation sites excluding steroid dienone is 3. The van der Waals surface area contributed by atoms with Crippen LogP contribution in [0.1, 0.15) is 49.7 Å². The van der Waals surface area contributed by atoms with Crippen LogP contribution in [0.3, 0.4) is 0 Å². The second-order valence-corrected chi connectivity index (χ2v) is 9.76. The van der Waals surface area contributed by atoms with Crippen molar-refractivity contribution in [3.05, 3.63) is 68.5 Å². The number of methoxy groups -OCH3 is 3. The lowest BCUT2D eigenvalue weighted by atomic mass is 9.71. The molecule has 0 saturated heterocycles. The van der Waals surface area contributed by atoms with Gasteiger partial charge in [0.1, 0.15) is 0 Å². The number of carbonyl (C=O) groups excluding carboxylic acids is 2. The van der Waals surface area contributed by atoms with Crippen LogP contribution in [0, 0.1) is 0 Å². The molecule has 0 saturated carbocycles. The number of esters is 1. The maximum Gasteiger partial charge on any atom is 0.336 e. The molecule has 1 aliphatic heterocycles. The summed E-state index contributed by atoms with van der Waals surface area (Å²) in [7, 11) is 4.61. The summed E-state index contributed by atoms with van der Waals surface area (Å²) in [4.78, 5) is 26.9. The largest absolute Gasteiger partial charge is 0.503 e. The molecule has 8 nitrogen and oxygen atoms in total. The minimum atomic E-state index is -0.681. The number of nitrogens with one attached hydrogen (secondary N) is 1. The Morgan fingerprint density at radius 2 is 1.70 bits per heavy atom. The molecule has 0 unspecified atom stereocenters. The number of hydrogen-bond donors (Lipinski definition) is 2. The molecule has 2 aromatic carbocycles. The molecule has 0 bridgehead atoms. The number of halogens is 1. The van der Waals surface area contributed by atoms with Crippen molar-refractivity contribution in [3.63, 3.8) is 0 Å². The molecule has 0 spiro atoms. The Bertz CT molecular complexity index is 1310. The summed E-state index contributed by atoms with van der Waals surface area (Å²) in [5.41, 5.74) is 3.85. The number of aromatic hydroxyl groups is 1. The molecule has 0 amide bonds. The van der Waals surface area contributed by atoms with Crippen molar-refractivity contribution >= 4 is 27.7 Å². The van der Waals surface area contributed by atoms with Crippen LogP contribution in [0.15, 0.2) is 57.3 Å². The van der Waals surface area contributed by atoms with Gasteiger partial charge in [-0.15, -0.1) is 0 Å². The molecule has 196 valence electrons. The van der Waals surface area contributed by atoms with Crippen LogP contribution in [-0.2, 0) is 14.3 Å². The minimum Gasteiger partial charge on any atom is -0.503 e. The van der Waals surface area contributed by atoms with Crippen LogP contribution >= 0.6 is 15.9 Å². The van der Waals surface area contributed by atoms with E-state index in [9.17, 15) is 14.7 Å². The van der Waals surface area contributed by atoms with E-state index in [-0.39, 0.29) is 36.2 Å². The topological polar surface area (TPSA) is 103 Å². The number of dihydropyridines is 1. The summed E-state index contributed by atoms with van der Waals surface area (Å²) < 4.78 is 22.0. The summed E-state index contributed by atoms with van der Waals surface area (Å²) in [6.45, 7) is 3.75. The van der Waals surface area contributed by atoms with E-state index in [1.165, 1.54) is 7.11 Å². The van der Waals surface area contributed by atoms with Gasteiger partial charge in [-0.2, -0.15) is 0 Å². The average molecular weight is 572 g/mol. The first kappa shape index (κ1) is 26.6. The predicted molar refractivity (Wildman–Crippen MR) is 141 cm³/mol. The van der Waals surface area contributed by atoms with E-state index >= 15 is 0 Å². The molecule has 4 rings (SSSR count). The van der Waals surface area contributed by atoms with Crippen LogP contribution in [0.2, 0.25) is 0 Å². The van der Waals surface area contributed by atoms with Gasteiger partial charge in [-0.05, 0) is 77.5 Å². The lowest BCUT2D eigenvalue weighted by Gasteiger charge is -2.37. The van der Waals surface area contributed by atoms with Gasteiger partial charge >= 0.3 is 5.97 Å². The standard InChI is InChI=1S/C28H30BrNO7/c1-6-37-28(33)24-14(2)30-19-10-16(15-7-8-21(34-3)22(12-15)35-4)11-20(31)26(19)25(24)17-9-18(29)27(32)23(13-17)36-5/h7-9,12-13,16,25,30,32H,6,10-11H2,1-5H3/t16-,25-/m0/s1. The molecule has 2 aliphatic rings. The van der Waals surface area contributed by atoms with Crippen molar-refractivity contribution in [1.29, 1.82) is 0 Å². The van der Waals surface area contributed by atoms with Crippen molar-refractivity contribution in [1.82, 2.24) is 5.32 Å². The molecule has 2 aromatic rings. The highest BCUT2D eigenvalue weighted by Crippen LogP contribution is 2.48. The van der Waals surface area contributed by atoms with Crippen LogP contribution in [0.4, 0.5) is 0 Å². The highest BCUT2D eigenvalue weighted by molar-refractivity contribution is 9.10. The van der Waals surface area contributed by atoms with Crippen molar-refractivity contribution < 1.29 is 33.6 Å². The maximum atomic E-state index is 13.8. The number of phenols is 1. The third-order valence-corrected chi connectivity index (χ3v) is 7.41. The number of hydrogen-bond acceptors (Lipinski definition) is 8. The number of ketones is 1. The van der Waals surface area contributed by atoms with Crippen molar-refractivity contribution in [2.45, 2.75) is 38.5 Å². The van der Waals surface area contributed by atoms with Crippen molar-refractivity contribution in [3.8, 4) is 23.0 Å². The number of rotatable bonds is 7. The SMILES string of the molecule is CCOC(=O)C1=C(C)NC2=C(C(=O)C[C@@H](c3ccc(OC)c(OC)c3)C2)[C@H]1c1cc(Br)c(O)c(OC)c1. The highest BCUT2D eigenvalue weighted by atomic mass is 79.9. The first-order valence-electron chi connectivity index (χ1n) is 11.9. The zero-order chi connectivity index (χ0) is 26.9. The van der Waals surface area contributed by atoms with Crippen LogP contribution < -0.4 is 19.5 Å². The number of phenolic OH excluding ortho intramolecular Hbond substituents is 1. The molecule has 37 heavy (non-hydrogen) atoms. The molecule has 0 radical (unpaired) electrons. The molecule has 1 aliphatic carbocycles. The zero-order valence-corrected chi connectivity index (χ0v) is 23.0. The van der Waals surface area contributed by atoms with Gasteiger partial charge in [0.25, 0.3) is 0 Å². The van der Waals surface area contributed by atoms with Gasteiger partial charge < -0.3 is 29.4 Å². The summed E-state index contributed by atoms with van der Waals surface area (Å²) >= 11 is 3.37. The fourth-order valence-corrected chi connectivity index (χ4v) is 5.57. The summed E-state index contributed by atoms with van der Waals surface area (Å²) in [5.74, 6) is 0.0566. The maximum absolute atomic E-state index is 13.8. The normalized spacial score (nSPS) is 19.2. The zero-order valence-electron chi connectivity index (χ0n) is 21.4. The number of ether oxygens (including phenoxy) is 4. The van der Waals surface area contributed by atoms with Crippen molar-refractivity contribution in [2.24, 2.45) is 0 Å². The van der Waals surface area contributed by atoms with E-state index < -0.39 is 11.9 Å². The van der Waals surface area contributed by atoms with Gasteiger partial charge in [-0.1, -0.05) is 6.07 Å². The highest BCUT2D eigenvalue weighted by Gasteiger charge is 2.42. The Morgan fingerprint density at radius 1 is 1.03 bits per heavy atom. The summed E-state index contributed by atoms with van der Waals surface area (Å²) in [6.07, 6.45) is 0.828. The molecule has 2 atom stereocenters. The predicted octanol–water partition coefficient (Wildman–Crippen LogP) is 5.11. The van der Waals surface area contributed by atoms with E-state index in [1.54, 1.807) is 40.2 Å². The third-order valence-electron chi connectivity index (χ3n) is 6.81. The average Bonchev–Trinajstić information content (AvgIpc) is 2.88. The molecule has 2 N–H and O–H groups in total. The van der Waals surface area contributed by atoms with Gasteiger partial charge in [0, 0.05) is 29.3 Å². The number of Topliss-reactive ketones (excluding diaryl/α,β-unsaturated/α-hetero) is 1. The van der Waals surface area contributed by atoms with Gasteiger partial charge in [0.05, 0.1) is 38.0 Å². The molecule has 1 heterocycles. The second-order valence-electron chi connectivity index (χ2n) is 8.91. The van der Waals surface area contributed by atoms with Gasteiger partial charge in [-0.3, -0.25) is 4.79 Å². The summed E-state index contributed by atoms with van der Waals surface area (Å²) in [6, 6.07) is 9.04. The van der Waals surface area contributed by atoms with Crippen LogP contribution in [-0.4, -0.2) is 44.8 Å². The van der Waals surface area contributed by atoms with E-state index in [4.69, 9.17) is 18.9 Å². The lowest BCUT2D eigenvalue weighted by molar-refractivity contribution is -0.138. The molecular formula is C28H30BrNO7. The second kappa shape index (κ2) is 10.9. The molecule has 0 aromatic heterocycles. The fourth-order valence-electron chi connectivity index (χ4n) is 5.11. The Labute approximate surface area is 224 Å². The first-order valence-corrected chi connectivity index (χ1v) is 12.7. The third kappa shape index (κ3) is 4.92. The molecule has 0 fully saturated rings. The van der Waals surface area contributed by atoms with E-state index in [0.29, 0.717) is 44.8 Å². The van der Waals surface area contributed by atoms with Crippen LogP contribution in [0.5, 0.6) is 23.0 Å². The Hall–Kier alpha value is -3.46. The number of carbonyl (C=O) groups is 2.